The number of amides is 2. The van der Waals surface area contributed by atoms with Gasteiger partial charge in [-0.25, -0.2) is 0 Å². The van der Waals surface area contributed by atoms with E-state index in [1.807, 2.05) is 6.92 Å². The molecule has 0 unspecified atom stereocenters. The monoisotopic (exact) mass is 551 g/mol. The van der Waals surface area contributed by atoms with E-state index in [1.165, 1.54) is 30.2 Å². The quantitative estimate of drug-likeness (QED) is 0.289. The van der Waals surface area contributed by atoms with Crippen molar-refractivity contribution in [3.8, 4) is 11.5 Å². The van der Waals surface area contributed by atoms with Crippen LogP contribution in [0.1, 0.15) is 51.0 Å². The molecule has 2 amide bonds. The van der Waals surface area contributed by atoms with Gasteiger partial charge in [-0.2, -0.15) is 0 Å². The zero-order chi connectivity index (χ0) is 26.9. The highest BCUT2D eigenvalue weighted by Gasteiger charge is 2.31. The smallest absolute Gasteiger partial charge is 0.311 e. The maximum Gasteiger partial charge on any atom is 0.311 e. The van der Waals surface area contributed by atoms with Crippen LogP contribution in [-0.4, -0.2) is 47.4 Å². The molecule has 2 aromatic carbocycles. The Morgan fingerprint density at radius 3 is 2.43 bits per heavy atom. The number of methoxy groups -OCH3 is 1. The fourth-order valence-corrected chi connectivity index (χ4v) is 4.96. The van der Waals surface area contributed by atoms with Crippen molar-refractivity contribution >= 4 is 40.7 Å². The van der Waals surface area contributed by atoms with Crippen LogP contribution in [0.25, 0.3) is 0 Å². The summed E-state index contributed by atoms with van der Waals surface area (Å²) in [7, 11) is 1.31. The van der Waals surface area contributed by atoms with Crippen molar-refractivity contribution in [1.82, 2.24) is 10.2 Å². The van der Waals surface area contributed by atoms with Crippen molar-refractivity contribution in [3.63, 3.8) is 0 Å². The summed E-state index contributed by atoms with van der Waals surface area (Å²) in [6.45, 7) is 1.44. The molecule has 3 rings (SSSR count). The van der Waals surface area contributed by atoms with E-state index in [2.05, 4.69) is 5.32 Å². The Balaban J connectivity index is 1.82. The molecular weight excluding hydrogens is 521 g/mol. The Labute approximate surface area is 226 Å². The van der Waals surface area contributed by atoms with Crippen LogP contribution in [0.2, 0.25) is 10.0 Å². The second-order valence-corrected chi connectivity index (χ2v) is 9.68. The van der Waals surface area contributed by atoms with Gasteiger partial charge in [0.05, 0.1) is 12.0 Å². The molecule has 9 nitrogen and oxygen atoms in total. The first kappa shape index (κ1) is 28.5. The molecular formula is C26H31Cl2N3O6. The highest BCUT2D eigenvalue weighted by atomic mass is 35.5. The zero-order valence-electron chi connectivity index (χ0n) is 20.9. The molecule has 0 radical (unpaired) electrons. The van der Waals surface area contributed by atoms with Gasteiger partial charge in [0.1, 0.15) is 11.8 Å². The van der Waals surface area contributed by atoms with Gasteiger partial charge in [-0.1, -0.05) is 55.5 Å². The normalized spacial score (nSPS) is 14.5. The van der Waals surface area contributed by atoms with E-state index in [9.17, 15) is 19.7 Å². The van der Waals surface area contributed by atoms with Crippen LogP contribution in [0, 0.1) is 10.1 Å². The SMILES string of the molecule is CC[C@H](C(=O)NC1CCCCC1)N(Cc1c(Cl)cccc1Cl)C(=O)COc1ccc([N+](=O)[O-])c(OC)c1. The number of halogens is 2. The first-order chi connectivity index (χ1) is 17.7. The van der Waals surface area contributed by atoms with Gasteiger partial charge in [0.2, 0.25) is 11.7 Å². The maximum absolute atomic E-state index is 13.5. The van der Waals surface area contributed by atoms with Crippen LogP contribution in [0.15, 0.2) is 36.4 Å². The molecule has 0 aliphatic heterocycles. The molecule has 2 aromatic rings. The van der Waals surface area contributed by atoms with Crippen molar-refractivity contribution in [2.45, 2.75) is 64.1 Å². The van der Waals surface area contributed by atoms with E-state index >= 15 is 0 Å². The number of carbonyl (C=O) groups is 2. The fourth-order valence-electron chi connectivity index (χ4n) is 4.44. The highest BCUT2D eigenvalue weighted by molar-refractivity contribution is 6.36. The molecule has 37 heavy (non-hydrogen) atoms. The lowest BCUT2D eigenvalue weighted by Gasteiger charge is -2.33. The van der Waals surface area contributed by atoms with Crippen molar-refractivity contribution in [2.24, 2.45) is 0 Å². The molecule has 200 valence electrons. The Hall–Kier alpha value is -3.04. The molecule has 0 aromatic heterocycles. The Kier molecular flexibility index (Phi) is 10.4. The second-order valence-electron chi connectivity index (χ2n) is 8.87. The number of hydrogen-bond donors (Lipinski definition) is 1. The molecule has 1 aliphatic carbocycles. The highest BCUT2D eigenvalue weighted by Crippen LogP contribution is 2.31. The predicted molar refractivity (Wildman–Crippen MR) is 141 cm³/mol. The van der Waals surface area contributed by atoms with Crippen LogP contribution in [0.5, 0.6) is 11.5 Å². The summed E-state index contributed by atoms with van der Waals surface area (Å²) in [5, 5.41) is 15.0. The number of nitrogens with zero attached hydrogens (tertiary/aromatic N) is 2. The number of hydrogen-bond acceptors (Lipinski definition) is 6. The number of nitrogens with one attached hydrogen (secondary N) is 1. The molecule has 1 saturated carbocycles. The van der Waals surface area contributed by atoms with Crippen LogP contribution in [0.3, 0.4) is 0 Å². The zero-order valence-corrected chi connectivity index (χ0v) is 22.4. The third-order valence-electron chi connectivity index (χ3n) is 6.44. The van der Waals surface area contributed by atoms with Gasteiger partial charge in [0.25, 0.3) is 5.91 Å². The minimum atomic E-state index is -0.767. The molecule has 0 spiro atoms. The predicted octanol–water partition coefficient (Wildman–Crippen LogP) is 5.55. The molecule has 1 aliphatic rings. The van der Waals surface area contributed by atoms with E-state index in [-0.39, 0.29) is 35.7 Å². The average molecular weight is 552 g/mol. The van der Waals surface area contributed by atoms with Gasteiger partial charge in [-0.3, -0.25) is 19.7 Å². The number of ether oxygens (including phenoxy) is 2. The number of benzene rings is 2. The van der Waals surface area contributed by atoms with Crippen LogP contribution < -0.4 is 14.8 Å². The summed E-state index contributed by atoms with van der Waals surface area (Å²) >= 11 is 12.8. The van der Waals surface area contributed by atoms with Gasteiger partial charge in [-0.15, -0.1) is 0 Å². The molecule has 1 atom stereocenters. The molecule has 11 heteroatoms. The largest absolute Gasteiger partial charge is 0.490 e. The summed E-state index contributed by atoms with van der Waals surface area (Å²) in [5.41, 5.74) is 0.307. The van der Waals surface area contributed by atoms with Gasteiger partial charge in [0.15, 0.2) is 6.61 Å². The van der Waals surface area contributed by atoms with Crippen molar-refractivity contribution in [3.05, 3.63) is 62.1 Å². The third-order valence-corrected chi connectivity index (χ3v) is 7.15. The number of nitro benzene ring substituents is 1. The van der Waals surface area contributed by atoms with E-state index < -0.39 is 23.5 Å². The molecule has 1 N–H and O–H groups in total. The van der Waals surface area contributed by atoms with E-state index in [4.69, 9.17) is 32.7 Å². The fraction of sp³-hybridized carbons (Fsp3) is 0.462. The Bertz CT molecular complexity index is 1100. The molecule has 0 heterocycles. The molecule has 1 fully saturated rings. The van der Waals surface area contributed by atoms with E-state index in [1.54, 1.807) is 18.2 Å². The van der Waals surface area contributed by atoms with Crippen LogP contribution >= 0.6 is 23.2 Å². The van der Waals surface area contributed by atoms with Crippen molar-refractivity contribution in [1.29, 1.82) is 0 Å². The van der Waals surface area contributed by atoms with Crippen molar-refractivity contribution in [2.75, 3.05) is 13.7 Å². The summed E-state index contributed by atoms with van der Waals surface area (Å²) in [5.74, 6) is -0.471. The Morgan fingerprint density at radius 1 is 1.16 bits per heavy atom. The topological polar surface area (TPSA) is 111 Å². The van der Waals surface area contributed by atoms with E-state index in [0.29, 0.717) is 22.0 Å². The minimum Gasteiger partial charge on any atom is -0.490 e. The number of rotatable bonds is 11. The van der Waals surface area contributed by atoms with E-state index in [0.717, 1.165) is 32.1 Å². The van der Waals surface area contributed by atoms with Crippen LogP contribution in [-0.2, 0) is 16.1 Å². The lowest BCUT2D eigenvalue weighted by Crippen LogP contribution is -2.52. The summed E-state index contributed by atoms with van der Waals surface area (Å²) in [4.78, 5) is 38.8. The average Bonchev–Trinajstić information content (AvgIpc) is 2.89. The third kappa shape index (κ3) is 7.49. The summed E-state index contributed by atoms with van der Waals surface area (Å²) in [6, 6.07) is 8.34. The van der Waals surface area contributed by atoms with Crippen molar-refractivity contribution < 1.29 is 24.0 Å². The maximum atomic E-state index is 13.5. The first-order valence-electron chi connectivity index (χ1n) is 12.2. The van der Waals surface area contributed by atoms with Crippen LogP contribution in [0.4, 0.5) is 5.69 Å². The lowest BCUT2D eigenvalue weighted by atomic mass is 9.95. The molecule has 0 saturated heterocycles. The molecule has 0 bridgehead atoms. The first-order valence-corrected chi connectivity index (χ1v) is 13.0. The lowest BCUT2D eigenvalue weighted by molar-refractivity contribution is -0.385. The number of carbonyl (C=O) groups excluding carboxylic acids is 2. The second kappa shape index (κ2) is 13.5. The number of nitro groups is 1. The van der Waals surface area contributed by atoms with Gasteiger partial charge < -0.3 is 19.7 Å². The minimum absolute atomic E-state index is 0.00736. The summed E-state index contributed by atoms with van der Waals surface area (Å²) < 4.78 is 10.7. The standard InChI is InChI=1S/C26H31Cl2N3O6/c1-3-22(26(33)29-17-8-5-4-6-9-17)30(15-19-20(27)10-7-11-21(19)28)25(32)16-37-18-12-13-23(31(34)35)24(14-18)36-2/h7,10-14,17,22H,3-6,8-9,15-16H2,1-2H3,(H,29,33)/t22-/m1/s1. The van der Waals surface area contributed by atoms with Gasteiger partial charge >= 0.3 is 5.69 Å². The van der Waals surface area contributed by atoms with Gasteiger partial charge in [0, 0.05) is 40.3 Å². The van der Waals surface area contributed by atoms with Gasteiger partial charge in [-0.05, 0) is 37.5 Å². The summed E-state index contributed by atoms with van der Waals surface area (Å²) in [6.07, 6.45) is 5.48. The Morgan fingerprint density at radius 2 is 1.84 bits per heavy atom.